The van der Waals surface area contributed by atoms with Gasteiger partial charge in [-0.15, -0.1) is 0 Å². The maximum absolute atomic E-state index is 6.02. The fourth-order valence-electron chi connectivity index (χ4n) is 2.70. The Balaban J connectivity index is 2.18. The smallest absolute Gasteiger partial charge is 0.146 e. The second kappa shape index (κ2) is 3.95. The van der Waals surface area contributed by atoms with E-state index in [9.17, 15) is 0 Å². The minimum atomic E-state index is 0.430. The van der Waals surface area contributed by atoms with E-state index in [-0.39, 0.29) is 0 Å². The van der Waals surface area contributed by atoms with E-state index in [0.717, 1.165) is 24.1 Å². The number of hydrogen-bond donors (Lipinski definition) is 1. The Morgan fingerprint density at radius 1 is 1.33 bits per heavy atom. The maximum atomic E-state index is 6.02. The van der Waals surface area contributed by atoms with Gasteiger partial charge in [0.15, 0.2) is 0 Å². The third-order valence-electron chi connectivity index (χ3n) is 3.73. The first kappa shape index (κ1) is 11.5. The maximum Gasteiger partial charge on any atom is 0.146 e. The average molecular weight is 245 g/mol. The zero-order valence-electron chi connectivity index (χ0n) is 11.1. The molecule has 5 heteroatoms. The van der Waals surface area contributed by atoms with Crippen LogP contribution >= 0.6 is 0 Å². The molecule has 2 N–H and O–H groups in total. The van der Waals surface area contributed by atoms with Gasteiger partial charge < -0.3 is 15.2 Å². The number of likely N-dealkylation sites (N-methyl/N-ethyl adjacent to an activating group) is 1. The molecule has 1 aliphatic rings. The normalized spacial score (nSPS) is 17.6. The molecule has 0 aromatic carbocycles. The van der Waals surface area contributed by atoms with Crippen molar-refractivity contribution in [1.29, 1.82) is 0 Å². The number of fused-ring (bicyclic) bond motifs is 1. The highest BCUT2D eigenvalue weighted by Crippen LogP contribution is 2.33. The van der Waals surface area contributed by atoms with E-state index >= 15 is 0 Å². The summed E-state index contributed by atoms with van der Waals surface area (Å²) < 4.78 is 2.27. The lowest BCUT2D eigenvalue weighted by atomic mass is 10.0. The lowest BCUT2D eigenvalue weighted by Crippen LogP contribution is -2.44. The second-order valence-corrected chi connectivity index (χ2v) is 5.48. The number of hydrogen-bond acceptors (Lipinski definition) is 4. The van der Waals surface area contributed by atoms with Crippen molar-refractivity contribution < 1.29 is 0 Å². The molecule has 1 saturated heterocycles. The van der Waals surface area contributed by atoms with Gasteiger partial charge in [-0.2, -0.15) is 0 Å². The van der Waals surface area contributed by atoms with Crippen LogP contribution in [-0.2, 0) is 0 Å². The highest BCUT2D eigenvalue weighted by atomic mass is 15.3. The Bertz CT molecular complexity index is 580. The van der Waals surface area contributed by atoms with Crippen molar-refractivity contribution in [3.8, 4) is 0 Å². The van der Waals surface area contributed by atoms with Gasteiger partial charge in [0.2, 0.25) is 0 Å². The number of nitrogens with two attached hydrogens (primary N) is 1. The van der Waals surface area contributed by atoms with Gasteiger partial charge in [0, 0.05) is 19.3 Å². The van der Waals surface area contributed by atoms with Gasteiger partial charge in [0.25, 0.3) is 0 Å². The molecule has 0 unspecified atom stereocenters. The quantitative estimate of drug-likeness (QED) is 0.873. The molecule has 0 radical (unpaired) electrons. The molecule has 2 aromatic rings. The van der Waals surface area contributed by atoms with E-state index < -0.39 is 0 Å². The third-order valence-corrected chi connectivity index (χ3v) is 3.73. The fourth-order valence-corrected chi connectivity index (χ4v) is 2.70. The van der Waals surface area contributed by atoms with Crippen molar-refractivity contribution >= 4 is 16.9 Å². The van der Waals surface area contributed by atoms with Crippen LogP contribution in [0.4, 0.5) is 5.82 Å². The van der Waals surface area contributed by atoms with E-state index in [4.69, 9.17) is 5.73 Å². The first-order valence-electron chi connectivity index (χ1n) is 6.37. The summed E-state index contributed by atoms with van der Waals surface area (Å²) in [5.74, 6) is 1.02. The molecule has 1 fully saturated rings. The van der Waals surface area contributed by atoms with Gasteiger partial charge in [-0.05, 0) is 18.5 Å². The van der Waals surface area contributed by atoms with Gasteiger partial charge in [0.05, 0.1) is 11.4 Å². The van der Waals surface area contributed by atoms with Crippen molar-refractivity contribution in [1.82, 2.24) is 19.4 Å². The first-order valence-corrected chi connectivity index (χ1v) is 6.37. The van der Waals surface area contributed by atoms with Crippen LogP contribution < -0.4 is 5.73 Å². The van der Waals surface area contributed by atoms with Crippen LogP contribution in [0.1, 0.15) is 31.4 Å². The zero-order valence-corrected chi connectivity index (χ0v) is 11.1. The van der Waals surface area contributed by atoms with E-state index in [1.807, 2.05) is 0 Å². The van der Waals surface area contributed by atoms with E-state index in [1.165, 1.54) is 5.56 Å². The van der Waals surface area contributed by atoms with Crippen LogP contribution in [0.15, 0.2) is 12.5 Å². The van der Waals surface area contributed by atoms with Crippen LogP contribution in [-0.4, -0.2) is 39.6 Å². The molecule has 0 saturated carbocycles. The van der Waals surface area contributed by atoms with Crippen LogP contribution in [0.2, 0.25) is 0 Å². The molecular formula is C13H19N5. The van der Waals surface area contributed by atoms with Gasteiger partial charge in [-0.25, -0.2) is 9.97 Å². The van der Waals surface area contributed by atoms with Crippen LogP contribution in [0.25, 0.3) is 11.0 Å². The summed E-state index contributed by atoms with van der Waals surface area (Å²) in [6.07, 6.45) is 3.76. The summed E-state index contributed by atoms with van der Waals surface area (Å²) in [6.45, 7) is 6.51. The predicted molar refractivity (Wildman–Crippen MR) is 72.6 cm³/mol. The van der Waals surface area contributed by atoms with E-state index in [2.05, 4.69) is 46.5 Å². The molecule has 18 heavy (non-hydrogen) atoms. The van der Waals surface area contributed by atoms with Crippen molar-refractivity contribution in [2.75, 3.05) is 25.9 Å². The number of anilines is 1. The van der Waals surface area contributed by atoms with Gasteiger partial charge >= 0.3 is 0 Å². The van der Waals surface area contributed by atoms with Crippen LogP contribution in [0.5, 0.6) is 0 Å². The molecule has 0 atom stereocenters. The lowest BCUT2D eigenvalue weighted by Gasteiger charge is -2.37. The molecule has 0 bridgehead atoms. The van der Waals surface area contributed by atoms with E-state index in [0.29, 0.717) is 17.8 Å². The summed E-state index contributed by atoms with van der Waals surface area (Å²) in [6, 6.07) is 0.513. The monoisotopic (exact) mass is 245 g/mol. The molecule has 3 rings (SSSR count). The Labute approximate surface area is 107 Å². The minimum Gasteiger partial charge on any atom is -0.383 e. The Hall–Kier alpha value is -1.62. The Kier molecular flexibility index (Phi) is 2.52. The number of rotatable bonds is 2. The lowest BCUT2D eigenvalue weighted by molar-refractivity contribution is 0.143. The molecular weight excluding hydrogens is 226 g/mol. The Morgan fingerprint density at radius 3 is 2.67 bits per heavy atom. The number of nitrogens with zero attached hydrogens (tertiary/aromatic N) is 4. The highest BCUT2D eigenvalue weighted by molar-refractivity contribution is 5.90. The first-order chi connectivity index (χ1) is 8.58. The van der Waals surface area contributed by atoms with Crippen molar-refractivity contribution in [2.45, 2.75) is 25.8 Å². The molecule has 96 valence electrons. The SMILES string of the molecule is CC(C)c1cn(C2CN(C)C2)c2ncnc(N)c12. The van der Waals surface area contributed by atoms with Crippen molar-refractivity contribution in [2.24, 2.45) is 0 Å². The largest absolute Gasteiger partial charge is 0.383 e. The average Bonchev–Trinajstić information content (AvgIpc) is 2.66. The summed E-state index contributed by atoms with van der Waals surface area (Å²) in [5.41, 5.74) is 8.24. The minimum absolute atomic E-state index is 0.430. The van der Waals surface area contributed by atoms with Gasteiger partial charge in [-0.3, -0.25) is 0 Å². The number of nitrogen functional groups attached to an aromatic ring is 1. The molecule has 0 amide bonds. The summed E-state index contributed by atoms with van der Waals surface area (Å²) >= 11 is 0. The molecule has 1 aliphatic heterocycles. The van der Waals surface area contributed by atoms with Crippen LogP contribution in [0.3, 0.4) is 0 Å². The number of aromatic nitrogens is 3. The molecule has 2 aromatic heterocycles. The summed E-state index contributed by atoms with van der Waals surface area (Å²) in [5, 5.41) is 1.03. The summed E-state index contributed by atoms with van der Waals surface area (Å²) in [7, 11) is 2.13. The molecule has 0 spiro atoms. The van der Waals surface area contributed by atoms with Gasteiger partial charge in [-0.1, -0.05) is 13.8 Å². The van der Waals surface area contributed by atoms with Crippen molar-refractivity contribution in [3.05, 3.63) is 18.1 Å². The zero-order chi connectivity index (χ0) is 12.9. The van der Waals surface area contributed by atoms with E-state index in [1.54, 1.807) is 6.33 Å². The molecule has 5 nitrogen and oxygen atoms in total. The third kappa shape index (κ3) is 1.58. The topological polar surface area (TPSA) is 60.0 Å². The highest BCUT2D eigenvalue weighted by Gasteiger charge is 2.28. The van der Waals surface area contributed by atoms with Gasteiger partial charge in [0.1, 0.15) is 17.8 Å². The van der Waals surface area contributed by atoms with Crippen molar-refractivity contribution in [3.63, 3.8) is 0 Å². The molecule has 0 aliphatic carbocycles. The van der Waals surface area contributed by atoms with Crippen LogP contribution in [0, 0.1) is 0 Å². The fraction of sp³-hybridized carbons (Fsp3) is 0.538. The standard InChI is InChI=1S/C13H19N5/c1-8(2)10-6-18(9-4-17(3)5-9)13-11(10)12(14)15-7-16-13/h6-9H,4-5H2,1-3H3,(H2,14,15,16). The second-order valence-electron chi connectivity index (χ2n) is 5.48. The Morgan fingerprint density at radius 2 is 2.06 bits per heavy atom. The number of likely N-dealkylation sites (tertiary alicyclic amines) is 1. The predicted octanol–water partition coefficient (Wildman–Crippen LogP) is 1.62. The molecule has 3 heterocycles. The summed E-state index contributed by atoms with van der Waals surface area (Å²) in [4.78, 5) is 10.9.